The predicted octanol–water partition coefficient (Wildman–Crippen LogP) is 3.62. The van der Waals surface area contributed by atoms with Crippen molar-refractivity contribution in [3.63, 3.8) is 0 Å². The number of anilines is 3. The minimum absolute atomic E-state index is 0.0699. The molecule has 164 valence electrons. The van der Waals surface area contributed by atoms with Crippen molar-refractivity contribution >= 4 is 23.0 Å². The number of halogens is 2. The van der Waals surface area contributed by atoms with E-state index in [9.17, 15) is 13.6 Å². The SMILES string of the molecule is O=C(CCN1CCN2CCCC2C1)N1CCN(c2ccc(F)cc2)c2cc(F)ccc21. The Kier molecular flexibility index (Phi) is 5.63. The molecule has 3 aliphatic heterocycles. The monoisotopic (exact) mass is 426 g/mol. The van der Waals surface area contributed by atoms with Gasteiger partial charge in [-0.25, -0.2) is 8.78 Å². The van der Waals surface area contributed by atoms with Crippen molar-refractivity contribution in [1.29, 1.82) is 0 Å². The maximum Gasteiger partial charge on any atom is 0.228 e. The van der Waals surface area contributed by atoms with Crippen molar-refractivity contribution in [2.45, 2.75) is 25.3 Å². The van der Waals surface area contributed by atoms with E-state index in [1.54, 1.807) is 23.1 Å². The summed E-state index contributed by atoms with van der Waals surface area (Å²) in [6.07, 6.45) is 3.00. The molecule has 0 saturated carbocycles. The maximum atomic E-state index is 14.1. The minimum atomic E-state index is -0.352. The van der Waals surface area contributed by atoms with Gasteiger partial charge in [-0.1, -0.05) is 0 Å². The van der Waals surface area contributed by atoms with Gasteiger partial charge in [0.05, 0.1) is 11.4 Å². The smallest absolute Gasteiger partial charge is 0.228 e. The van der Waals surface area contributed by atoms with Crippen LogP contribution < -0.4 is 9.80 Å². The molecule has 0 radical (unpaired) electrons. The summed E-state index contributed by atoms with van der Waals surface area (Å²) in [4.78, 5) is 21.8. The van der Waals surface area contributed by atoms with E-state index < -0.39 is 0 Å². The number of rotatable bonds is 4. The number of hydrogen-bond donors (Lipinski definition) is 0. The van der Waals surface area contributed by atoms with Gasteiger partial charge < -0.3 is 9.80 Å². The molecule has 5 nitrogen and oxygen atoms in total. The first kappa shape index (κ1) is 20.4. The molecule has 2 saturated heterocycles. The summed E-state index contributed by atoms with van der Waals surface area (Å²) in [5, 5.41) is 0. The maximum absolute atomic E-state index is 14.1. The molecule has 3 heterocycles. The molecule has 1 unspecified atom stereocenters. The lowest BCUT2D eigenvalue weighted by Crippen LogP contribution is -2.51. The number of fused-ring (bicyclic) bond motifs is 2. The van der Waals surface area contributed by atoms with E-state index in [2.05, 4.69) is 9.80 Å². The van der Waals surface area contributed by atoms with Crippen LogP contribution in [0.1, 0.15) is 19.3 Å². The summed E-state index contributed by atoms with van der Waals surface area (Å²) in [5.41, 5.74) is 2.14. The van der Waals surface area contributed by atoms with Crippen LogP contribution in [-0.2, 0) is 4.79 Å². The molecule has 0 aromatic heterocycles. The molecular formula is C24H28F2N4O. The second kappa shape index (κ2) is 8.55. The fourth-order valence-corrected chi connectivity index (χ4v) is 5.18. The minimum Gasteiger partial charge on any atom is -0.338 e. The van der Waals surface area contributed by atoms with E-state index in [-0.39, 0.29) is 17.5 Å². The fourth-order valence-electron chi connectivity index (χ4n) is 5.18. The first-order chi connectivity index (χ1) is 15.1. The highest BCUT2D eigenvalue weighted by Gasteiger charge is 2.32. The van der Waals surface area contributed by atoms with Crippen molar-refractivity contribution in [3.8, 4) is 0 Å². The van der Waals surface area contributed by atoms with Crippen LogP contribution >= 0.6 is 0 Å². The Morgan fingerprint density at radius 3 is 2.55 bits per heavy atom. The lowest BCUT2D eigenvalue weighted by Gasteiger charge is -2.39. The largest absolute Gasteiger partial charge is 0.338 e. The van der Waals surface area contributed by atoms with Crippen molar-refractivity contribution in [2.24, 2.45) is 0 Å². The molecule has 1 atom stereocenters. The van der Waals surface area contributed by atoms with Gasteiger partial charge in [0, 0.05) is 57.4 Å². The van der Waals surface area contributed by atoms with Crippen molar-refractivity contribution in [1.82, 2.24) is 9.80 Å². The van der Waals surface area contributed by atoms with Crippen LogP contribution in [0.4, 0.5) is 25.8 Å². The van der Waals surface area contributed by atoms with E-state index in [4.69, 9.17) is 0 Å². The fraction of sp³-hybridized carbons (Fsp3) is 0.458. The predicted molar refractivity (Wildman–Crippen MR) is 118 cm³/mol. The van der Waals surface area contributed by atoms with Gasteiger partial charge in [-0.05, 0) is 61.9 Å². The van der Waals surface area contributed by atoms with Crippen LogP contribution in [0.15, 0.2) is 42.5 Å². The number of piperazine rings is 1. The van der Waals surface area contributed by atoms with Crippen LogP contribution in [0.25, 0.3) is 0 Å². The molecule has 0 aliphatic carbocycles. The number of amides is 1. The first-order valence-electron chi connectivity index (χ1n) is 11.2. The third-order valence-corrected chi connectivity index (χ3v) is 6.82. The Morgan fingerprint density at radius 1 is 0.903 bits per heavy atom. The number of carbonyl (C=O) groups is 1. The second-order valence-electron chi connectivity index (χ2n) is 8.69. The summed E-state index contributed by atoms with van der Waals surface area (Å²) >= 11 is 0. The van der Waals surface area contributed by atoms with Crippen molar-refractivity contribution in [3.05, 3.63) is 54.1 Å². The molecular weight excluding hydrogens is 398 g/mol. The van der Waals surface area contributed by atoms with Gasteiger partial charge in [-0.3, -0.25) is 14.6 Å². The molecule has 0 N–H and O–H groups in total. The molecule has 2 aromatic rings. The van der Waals surface area contributed by atoms with Crippen LogP contribution in [0.5, 0.6) is 0 Å². The highest BCUT2D eigenvalue weighted by atomic mass is 19.1. The molecule has 7 heteroatoms. The van der Waals surface area contributed by atoms with E-state index in [0.717, 1.165) is 31.9 Å². The zero-order valence-electron chi connectivity index (χ0n) is 17.6. The topological polar surface area (TPSA) is 30.0 Å². The number of nitrogens with zero attached hydrogens (tertiary/aromatic N) is 4. The van der Waals surface area contributed by atoms with E-state index in [1.807, 2.05) is 4.90 Å². The van der Waals surface area contributed by atoms with Gasteiger partial charge in [-0.15, -0.1) is 0 Å². The van der Waals surface area contributed by atoms with E-state index in [0.29, 0.717) is 36.9 Å². The van der Waals surface area contributed by atoms with Crippen molar-refractivity contribution < 1.29 is 13.6 Å². The molecule has 0 bridgehead atoms. The highest BCUT2D eigenvalue weighted by Crippen LogP contribution is 2.38. The quantitative estimate of drug-likeness (QED) is 0.747. The molecule has 2 fully saturated rings. The molecule has 1 amide bonds. The van der Waals surface area contributed by atoms with Crippen LogP contribution in [0.3, 0.4) is 0 Å². The summed E-state index contributed by atoms with van der Waals surface area (Å²) in [6, 6.07) is 11.3. The van der Waals surface area contributed by atoms with Gasteiger partial charge in [-0.2, -0.15) is 0 Å². The average molecular weight is 427 g/mol. The van der Waals surface area contributed by atoms with Crippen LogP contribution in [0.2, 0.25) is 0 Å². The summed E-state index contributed by atoms with van der Waals surface area (Å²) < 4.78 is 27.4. The lowest BCUT2D eigenvalue weighted by atomic mass is 10.1. The standard InChI is InChI=1S/C24H28F2N4O/c25-18-3-6-20(7-4-18)29-14-15-30(22-8-5-19(26)16-23(22)29)24(31)9-11-27-12-13-28-10-1-2-21(28)17-27/h3-8,16,21H,1-2,9-15,17H2. The number of hydrogen-bond acceptors (Lipinski definition) is 4. The molecule has 5 rings (SSSR count). The van der Waals surface area contributed by atoms with E-state index >= 15 is 0 Å². The second-order valence-corrected chi connectivity index (χ2v) is 8.69. The summed E-state index contributed by atoms with van der Waals surface area (Å²) in [7, 11) is 0. The number of carbonyl (C=O) groups excluding carboxylic acids is 1. The summed E-state index contributed by atoms with van der Waals surface area (Å²) in [5.74, 6) is -0.592. The third kappa shape index (κ3) is 4.16. The third-order valence-electron chi connectivity index (χ3n) is 6.82. The van der Waals surface area contributed by atoms with Gasteiger partial charge in [0.1, 0.15) is 11.6 Å². The van der Waals surface area contributed by atoms with E-state index in [1.165, 1.54) is 43.7 Å². The summed E-state index contributed by atoms with van der Waals surface area (Å²) in [6.45, 7) is 6.19. The molecule has 3 aliphatic rings. The zero-order valence-corrected chi connectivity index (χ0v) is 17.6. The van der Waals surface area contributed by atoms with Gasteiger partial charge >= 0.3 is 0 Å². The average Bonchev–Trinajstić information content (AvgIpc) is 3.25. The molecule has 0 spiro atoms. The van der Waals surface area contributed by atoms with Crippen molar-refractivity contribution in [2.75, 3.05) is 55.6 Å². The van der Waals surface area contributed by atoms with Gasteiger partial charge in [0.25, 0.3) is 0 Å². The Morgan fingerprint density at radius 2 is 1.71 bits per heavy atom. The molecule has 2 aromatic carbocycles. The highest BCUT2D eigenvalue weighted by molar-refractivity contribution is 5.99. The van der Waals surface area contributed by atoms with Gasteiger partial charge in [0.15, 0.2) is 0 Å². The number of benzene rings is 2. The molecule has 31 heavy (non-hydrogen) atoms. The zero-order chi connectivity index (χ0) is 21.4. The Labute approximate surface area is 181 Å². The van der Waals surface area contributed by atoms with Crippen LogP contribution in [0, 0.1) is 11.6 Å². The van der Waals surface area contributed by atoms with Crippen LogP contribution in [-0.4, -0.2) is 67.6 Å². The Balaban J connectivity index is 1.29. The Hall–Kier alpha value is -2.51. The normalized spacial score (nSPS) is 21.8. The van der Waals surface area contributed by atoms with Gasteiger partial charge in [0.2, 0.25) is 5.91 Å². The Bertz CT molecular complexity index is 951. The lowest BCUT2D eigenvalue weighted by molar-refractivity contribution is -0.119. The first-order valence-corrected chi connectivity index (χ1v) is 11.2.